The van der Waals surface area contributed by atoms with Crippen LogP contribution in [0.1, 0.15) is 18.7 Å². The summed E-state index contributed by atoms with van der Waals surface area (Å²) in [5.74, 6) is 0. The van der Waals surface area contributed by atoms with E-state index in [0.29, 0.717) is 17.5 Å². The summed E-state index contributed by atoms with van der Waals surface area (Å²) in [6.07, 6.45) is 0. The van der Waals surface area contributed by atoms with E-state index in [4.69, 9.17) is 0 Å². The SMILES string of the molecule is CNS(=O)(=O)c1ccsc1CNC(C)C. The first-order chi connectivity index (χ1) is 6.97. The normalized spacial score (nSPS) is 12.3. The molecular weight excluding hydrogens is 232 g/mol. The third-order valence-corrected chi connectivity index (χ3v) is 4.48. The van der Waals surface area contributed by atoms with E-state index in [0.717, 1.165) is 4.88 Å². The maximum atomic E-state index is 11.6. The van der Waals surface area contributed by atoms with Crippen molar-refractivity contribution < 1.29 is 8.42 Å². The molecule has 6 heteroatoms. The van der Waals surface area contributed by atoms with Gasteiger partial charge in [0.1, 0.15) is 0 Å². The van der Waals surface area contributed by atoms with Gasteiger partial charge in [0.05, 0.1) is 4.90 Å². The molecule has 0 spiro atoms. The summed E-state index contributed by atoms with van der Waals surface area (Å²) in [6, 6.07) is 1.98. The minimum absolute atomic E-state index is 0.345. The smallest absolute Gasteiger partial charge is 0.241 e. The Labute approximate surface area is 94.8 Å². The van der Waals surface area contributed by atoms with Crippen molar-refractivity contribution in [2.75, 3.05) is 7.05 Å². The van der Waals surface area contributed by atoms with Crippen LogP contribution in [0.5, 0.6) is 0 Å². The molecule has 0 bridgehead atoms. The van der Waals surface area contributed by atoms with Gasteiger partial charge in [-0.05, 0) is 18.5 Å². The molecule has 1 heterocycles. The zero-order valence-electron chi connectivity index (χ0n) is 9.07. The van der Waals surface area contributed by atoms with E-state index in [9.17, 15) is 8.42 Å². The van der Waals surface area contributed by atoms with Gasteiger partial charge in [0, 0.05) is 17.5 Å². The van der Waals surface area contributed by atoms with Gasteiger partial charge in [-0.15, -0.1) is 11.3 Å². The second-order valence-electron chi connectivity index (χ2n) is 3.45. The quantitative estimate of drug-likeness (QED) is 0.822. The summed E-state index contributed by atoms with van der Waals surface area (Å²) in [4.78, 5) is 1.22. The van der Waals surface area contributed by atoms with Crippen LogP contribution in [0.3, 0.4) is 0 Å². The molecule has 0 aromatic carbocycles. The van der Waals surface area contributed by atoms with Crippen LogP contribution < -0.4 is 10.0 Å². The molecule has 0 amide bonds. The Balaban J connectivity index is 2.88. The fraction of sp³-hybridized carbons (Fsp3) is 0.556. The van der Waals surface area contributed by atoms with Gasteiger partial charge in [-0.2, -0.15) is 0 Å². The van der Waals surface area contributed by atoms with E-state index >= 15 is 0 Å². The average Bonchev–Trinajstić information content (AvgIpc) is 2.63. The molecule has 86 valence electrons. The van der Waals surface area contributed by atoms with Gasteiger partial charge in [0.2, 0.25) is 10.0 Å². The van der Waals surface area contributed by atoms with Crippen LogP contribution in [-0.2, 0) is 16.6 Å². The molecule has 0 saturated heterocycles. The standard InChI is InChI=1S/C9H16N2O2S2/c1-7(2)11-6-8-9(4-5-14-8)15(12,13)10-3/h4-5,7,10-11H,6H2,1-3H3. The molecule has 1 aromatic rings. The predicted octanol–water partition coefficient (Wildman–Crippen LogP) is 1.15. The van der Waals surface area contributed by atoms with Crippen molar-refractivity contribution >= 4 is 21.4 Å². The van der Waals surface area contributed by atoms with Crippen molar-refractivity contribution in [1.82, 2.24) is 10.0 Å². The van der Waals surface area contributed by atoms with Crippen LogP contribution in [0, 0.1) is 0 Å². The van der Waals surface area contributed by atoms with Gasteiger partial charge >= 0.3 is 0 Å². The van der Waals surface area contributed by atoms with Crippen molar-refractivity contribution in [3.05, 3.63) is 16.3 Å². The summed E-state index contributed by atoms with van der Waals surface area (Å²) in [6.45, 7) is 4.64. The largest absolute Gasteiger partial charge is 0.310 e. The molecule has 1 rings (SSSR count). The lowest BCUT2D eigenvalue weighted by molar-refractivity contribution is 0.576. The number of hydrogen-bond donors (Lipinski definition) is 2. The molecule has 1 aromatic heterocycles. The van der Waals surface area contributed by atoms with E-state index in [2.05, 4.69) is 10.0 Å². The number of thiophene rings is 1. The van der Waals surface area contributed by atoms with Gasteiger partial charge < -0.3 is 5.32 Å². The Kier molecular flexibility index (Phi) is 4.27. The highest BCUT2D eigenvalue weighted by Crippen LogP contribution is 2.21. The first-order valence-corrected chi connectivity index (χ1v) is 7.07. The van der Waals surface area contributed by atoms with Crippen LogP contribution in [0.4, 0.5) is 0 Å². The molecule has 0 fully saturated rings. The van der Waals surface area contributed by atoms with Crippen LogP contribution in [-0.4, -0.2) is 21.5 Å². The second-order valence-corrected chi connectivity index (χ2v) is 6.31. The summed E-state index contributed by atoms with van der Waals surface area (Å²) in [7, 11) is -1.89. The molecule has 15 heavy (non-hydrogen) atoms. The summed E-state index contributed by atoms with van der Waals surface area (Å²) in [5, 5.41) is 5.00. The maximum Gasteiger partial charge on any atom is 0.241 e. The summed E-state index contributed by atoms with van der Waals surface area (Å²) >= 11 is 1.45. The van der Waals surface area contributed by atoms with Gasteiger partial charge in [-0.25, -0.2) is 13.1 Å². The highest BCUT2D eigenvalue weighted by atomic mass is 32.2. The van der Waals surface area contributed by atoms with Crippen molar-refractivity contribution in [2.45, 2.75) is 31.3 Å². The maximum absolute atomic E-state index is 11.6. The molecule has 0 unspecified atom stereocenters. The third kappa shape index (κ3) is 3.27. The van der Waals surface area contributed by atoms with Crippen LogP contribution >= 0.6 is 11.3 Å². The Hall–Kier alpha value is -0.430. The van der Waals surface area contributed by atoms with E-state index in [-0.39, 0.29) is 0 Å². The monoisotopic (exact) mass is 248 g/mol. The summed E-state index contributed by atoms with van der Waals surface area (Å²) in [5.41, 5.74) is 0. The second kappa shape index (κ2) is 5.07. The zero-order chi connectivity index (χ0) is 11.5. The number of rotatable bonds is 5. The lowest BCUT2D eigenvalue weighted by Gasteiger charge is -2.08. The van der Waals surface area contributed by atoms with Crippen LogP contribution in [0.15, 0.2) is 16.3 Å². The minimum atomic E-state index is -3.31. The van der Waals surface area contributed by atoms with Gasteiger partial charge in [-0.3, -0.25) is 0 Å². The van der Waals surface area contributed by atoms with E-state index in [1.54, 1.807) is 11.4 Å². The van der Waals surface area contributed by atoms with E-state index < -0.39 is 10.0 Å². The summed E-state index contributed by atoms with van der Waals surface area (Å²) < 4.78 is 25.5. The lowest BCUT2D eigenvalue weighted by Crippen LogP contribution is -2.24. The van der Waals surface area contributed by atoms with Crippen molar-refractivity contribution in [2.24, 2.45) is 0 Å². The molecule has 0 aliphatic carbocycles. The zero-order valence-corrected chi connectivity index (χ0v) is 10.7. The molecule has 0 saturated carbocycles. The molecular formula is C9H16N2O2S2. The lowest BCUT2D eigenvalue weighted by atomic mass is 10.4. The highest BCUT2D eigenvalue weighted by Gasteiger charge is 2.17. The first-order valence-electron chi connectivity index (χ1n) is 4.70. The van der Waals surface area contributed by atoms with Crippen LogP contribution in [0.25, 0.3) is 0 Å². The average molecular weight is 248 g/mol. The van der Waals surface area contributed by atoms with E-state index in [1.165, 1.54) is 18.4 Å². The fourth-order valence-corrected chi connectivity index (χ4v) is 3.22. The highest BCUT2D eigenvalue weighted by molar-refractivity contribution is 7.89. The molecule has 0 aliphatic rings. The number of hydrogen-bond acceptors (Lipinski definition) is 4. The molecule has 0 aliphatic heterocycles. The van der Waals surface area contributed by atoms with E-state index in [1.807, 2.05) is 13.8 Å². The minimum Gasteiger partial charge on any atom is -0.310 e. The van der Waals surface area contributed by atoms with Gasteiger partial charge in [0.25, 0.3) is 0 Å². The van der Waals surface area contributed by atoms with Crippen molar-refractivity contribution in [3.8, 4) is 0 Å². The third-order valence-electron chi connectivity index (χ3n) is 1.93. The predicted molar refractivity (Wildman–Crippen MR) is 62.5 cm³/mol. The first kappa shape index (κ1) is 12.6. The Morgan fingerprint density at radius 1 is 1.47 bits per heavy atom. The van der Waals surface area contributed by atoms with Crippen LogP contribution in [0.2, 0.25) is 0 Å². The Morgan fingerprint density at radius 2 is 2.13 bits per heavy atom. The number of nitrogens with one attached hydrogen (secondary N) is 2. The van der Waals surface area contributed by atoms with Gasteiger partial charge in [0.15, 0.2) is 0 Å². The molecule has 0 radical (unpaired) electrons. The van der Waals surface area contributed by atoms with Gasteiger partial charge in [-0.1, -0.05) is 13.8 Å². The Morgan fingerprint density at radius 3 is 2.67 bits per heavy atom. The molecule has 2 N–H and O–H groups in total. The fourth-order valence-electron chi connectivity index (χ4n) is 1.10. The molecule has 4 nitrogen and oxygen atoms in total. The topological polar surface area (TPSA) is 58.2 Å². The Bertz CT molecular complexity index is 410. The van der Waals surface area contributed by atoms with Crippen molar-refractivity contribution in [1.29, 1.82) is 0 Å². The van der Waals surface area contributed by atoms with Crippen molar-refractivity contribution in [3.63, 3.8) is 0 Å². The molecule has 0 atom stereocenters. The number of sulfonamides is 1.